The number of nitrogens with one attached hydrogen (secondary N) is 2. The van der Waals surface area contributed by atoms with Crippen LogP contribution in [0.2, 0.25) is 0 Å². The van der Waals surface area contributed by atoms with Crippen molar-refractivity contribution in [2.75, 3.05) is 7.11 Å². The number of hydrogen-bond acceptors (Lipinski definition) is 4. The molecule has 0 aliphatic heterocycles. The van der Waals surface area contributed by atoms with Gasteiger partial charge in [-0.1, -0.05) is 104 Å². The number of methoxy groups -OCH3 is 1. The summed E-state index contributed by atoms with van der Waals surface area (Å²) in [5.41, 5.74) is 11.8. The Morgan fingerprint density at radius 1 is 0.854 bits per heavy atom. The number of rotatable bonds is 11. The van der Waals surface area contributed by atoms with Crippen LogP contribution in [0.15, 0.2) is 109 Å². The van der Waals surface area contributed by atoms with Crippen LogP contribution < -0.4 is 11.1 Å². The van der Waals surface area contributed by atoms with Crippen molar-refractivity contribution in [3.63, 3.8) is 0 Å². The summed E-state index contributed by atoms with van der Waals surface area (Å²) in [4.78, 5) is 26.5. The van der Waals surface area contributed by atoms with Gasteiger partial charge in [-0.2, -0.15) is 0 Å². The van der Waals surface area contributed by atoms with Crippen LogP contribution in [0.25, 0.3) is 17.2 Å². The Hall–Kier alpha value is -4.97. The molecule has 4 aromatic carbocycles. The maximum Gasteiger partial charge on any atom is 0.311 e. The van der Waals surface area contributed by atoms with Gasteiger partial charge in [0, 0.05) is 11.1 Å². The number of benzene rings is 4. The number of aryl methyl sites for hydroxylation is 1. The Labute approximate surface area is 241 Å². The van der Waals surface area contributed by atoms with Crippen molar-refractivity contribution in [3.8, 4) is 11.1 Å². The van der Waals surface area contributed by atoms with Crippen LogP contribution in [0.4, 0.5) is 0 Å². The van der Waals surface area contributed by atoms with Gasteiger partial charge in [0.25, 0.3) is 5.91 Å². The van der Waals surface area contributed by atoms with Gasteiger partial charge >= 0.3 is 5.97 Å². The third kappa shape index (κ3) is 7.79. The summed E-state index contributed by atoms with van der Waals surface area (Å²) < 4.78 is 5.17. The number of nitrogens with two attached hydrogens (primary N) is 1. The zero-order valence-corrected chi connectivity index (χ0v) is 23.3. The second-order valence-corrected chi connectivity index (χ2v) is 9.84. The topological polar surface area (TPSA) is 105 Å². The lowest BCUT2D eigenvalue weighted by Gasteiger charge is -2.24. The molecule has 0 bridgehead atoms. The molecule has 0 radical (unpaired) electrons. The third-order valence-corrected chi connectivity index (χ3v) is 7.07. The molecule has 0 aromatic heterocycles. The fourth-order valence-electron chi connectivity index (χ4n) is 4.67. The molecule has 0 saturated carbocycles. The molecule has 0 heterocycles. The molecular weight excluding hydrogens is 510 g/mol. The van der Waals surface area contributed by atoms with Crippen LogP contribution in [0, 0.1) is 11.3 Å². The molecule has 2 atom stereocenters. The number of amidine groups is 1. The van der Waals surface area contributed by atoms with Crippen molar-refractivity contribution in [3.05, 3.63) is 137 Å². The number of ether oxygens (including phenoxy) is 1. The van der Waals surface area contributed by atoms with Crippen molar-refractivity contribution in [1.29, 1.82) is 5.41 Å². The molecule has 4 rings (SSSR count). The van der Waals surface area contributed by atoms with Gasteiger partial charge in [0.15, 0.2) is 0 Å². The van der Waals surface area contributed by atoms with Crippen LogP contribution in [-0.4, -0.2) is 30.9 Å². The highest BCUT2D eigenvalue weighted by Gasteiger charge is 2.30. The van der Waals surface area contributed by atoms with E-state index in [4.69, 9.17) is 15.9 Å². The second-order valence-electron chi connectivity index (χ2n) is 9.84. The van der Waals surface area contributed by atoms with Gasteiger partial charge in [-0.05, 0) is 58.9 Å². The van der Waals surface area contributed by atoms with Gasteiger partial charge in [-0.3, -0.25) is 15.0 Å². The minimum absolute atomic E-state index is 0.0555. The number of carbonyl (C=O) groups excluding carboxylic acids is 2. The van der Waals surface area contributed by atoms with E-state index in [1.807, 2.05) is 60.7 Å². The Bertz CT molecular complexity index is 1510. The lowest BCUT2D eigenvalue weighted by molar-refractivity contribution is -0.145. The number of carbonyl (C=O) groups is 2. The van der Waals surface area contributed by atoms with Crippen LogP contribution in [-0.2, 0) is 22.4 Å². The number of hydrogen-bond donors (Lipinski definition) is 3. The minimum Gasteiger partial charge on any atom is -0.469 e. The first kappa shape index (κ1) is 29.0. The largest absolute Gasteiger partial charge is 0.469 e. The smallest absolute Gasteiger partial charge is 0.311 e. The van der Waals surface area contributed by atoms with E-state index in [0.717, 1.165) is 28.7 Å². The third-order valence-electron chi connectivity index (χ3n) is 7.07. The molecule has 6 heteroatoms. The molecule has 0 unspecified atom stereocenters. The van der Waals surface area contributed by atoms with Gasteiger partial charge < -0.3 is 15.8 Å². The summed E-state index contributed by atoms with van der Waals surface area (Å²) >= 11 is 0. The summed E-state index contributed by atoms with van der Waals surface area (Å²) in [7, 11) is 1.34. The first-order valence-corrected chi connectivity index (χ1v) is 13.6. The Kier molecular flexibility index (Phi) is 9.84. The highest BCUT2D eigenvalue weighted by Crippen LogP contribution is 2.22. The predicted octanol–water partition coefficient (Wildman–Crippen LogP) is 6.04. The highest BCUT2D eigenvalue weighted by molar-refractivity contribution is 5.96. The van der Waals surface area contributed by atoms with Gasteiger partial charge in [0.1, 0.15) is 5.84 Å². The summed E-state index contributed by atoms with van der Waals surface area (Å²) in [6, 6.07) is 32.0. The van der Waals surface area contributed by atoms with Crippen LogP contribution in [0.5, 0.6) is 0 Å². The number of esters is 1. The Morgan fingerprint density at radius 3 is 2.12 bits per heavy atom. The van der Waals surface area contributed by atoms with E-state index in [0.29, 0.717) is 11.1 Å². The molecule has 0 spiro atoms. The summed E-state index contributed by atoms with van der Waals surface area (Å²) in [6.45, 7) is 2.12. The normalized spacial score (nSPS) is 12.4. The monoisotopic (exact) mass is 545 g/mol. The van der Waals surface area contributed by atoms with Crippen molar-refractivity contribution in [2.24, 2.45) is 11.7 Å². The summed E-state index contributed by atoms with van der Waals surface area (Å²) in [5.74, 6) is -1.53. The van der Waals surface area contributed by atoms with Crippen molar-refractivity contribution in [1.82, 2.24) is 5.32 Å². The van der Waals surface area contributed by atoms with Crippen LogP contribution in [0.1, 0.15) is 39.5 Å². The van der Waals surface area contributed by atoms with Crippen molar-refractivity contribution in [2.45, 2.75) is 25.8 Å². The van der Waals surface area contributed by atoms with Crippen LogP contribution >= 0.6 is 0 Å². The fraction of sp³-hybridized carbons (Fsp3) is 0.171. The zero-order valence-electron chi connectivity index (χ0n) is 23.3. The second kappa shape index (κ2) is 13.9. The molecule has 208 valence electrons. The van der Waals surface area contributed by atoms with E-state index in [2.05, 4.69) is 36.5 Å². The van der Waals surface area contributed by atoms with Crippen LogP contribution in [0.3, 0.4) is 0 Å². The molecule has 4 aromatic rings. The lowest BCUT2D eigenvalue weighted by Crippen LogP contribution is -2.43. The molecule has 4 N–H and O–H groups in total. The standard InChI is InChI=1S/C35H35N3O3/c1-3-24-12-15-27(16-13-24)28-17-19-29(20-18-28)34(39)38-32(21-14-25-8-5-4-6-9-25)31(35(40)41-2)23-26-10-7-11-30(22-26)33(36)37/h4-22,31-32H,3,23H2,1-2H3,(H3,36,37)(H,38,39)/b21-14+/t31-,32-/m1/s1. The van der Waals surface area contributed by atoms with E-state index < -0.39 is 17.9 Å². The first-order valence-electron chi connectivity index (χ1n) is 13.6. The maximum absolute atomic E-state index is 13.5. The average Bonchev–Trinajstić information content (AvgIpc) is 3.02. The molecule has 0 aliphatic carbocycles. The van der Waals surface area contributed by atoms with Crippen molar-refractivity contribution < 1.29 is 14.3 Å². The Balaban J connectivity index is 1.61. The minimum atomic E-state index is -0.720. The summed E-state index contributed by atoms with van der Waals surface area (Å²) in [5, 5.41) is 10.8. The molecule has 0 aliphatic rings. The fourth-order valence-corrected chi connectivity index (χ4v) is 4.67. The molecule has 41 heavy (non-hydrogen) atoms. The molecule has 0 saturated heterocycles. The van der Waals surface area contributed by atoms with E-state index >= 15 is 0 Å². The quantitative estimate of drug-likeness (QED) is 0.121. The average molecular weight is 546 g/mol. The van der Waals surface area contributed by atoms with E-state index in [-0.39, 0.29) is 18.2 Å². The Morgan fingerprint density at radius 2 is 1.51 bits per heavy atom. The van der Waals surface area contributed by atoms with Gasteiger partial charge in [-0.25, -0.2) is 0 Å². The SMILES string of the molecule is CCc1ccc(-c2ccc(C(=O)N[C@H](/C=C/c3ccccc3)[C@@H](Cc3cccc(C(=N)N)c3)C(=O)OC)cc2)cc1. The van der Waals surface area contributed by atoms with E-state index in [9.17, 15) is 9.59 Å². The molecule has 1 amide bonds. The first-order chi connectivity index (χ1) is 19.9. The molecule has 0 fully saturated rings. The van der Waals surface area contributed by atoms with Gasteiger partial charge in [0.2, 0.25) is 0 Å². The molecule has 6 nitrogen and oxygen atoms in total. The number of amides is 1. The highest BCUT2D eigenvalue weighted by atomic mass is 16.5. The molecular formula is C35H35N3O3. The van der Waals surface area contributed by atoms with E-state index in [1.54, 1.807) is 30.3 Å². The number of nitrogen functional groups attached to an aromatic ring is 1. The maximum atomic E-state index is 13.5. The lowest BCUT2D eigenvalue weighted by atomic mass is 9.90. The summed E-state index contributed by atoms with van der Waals surface area (Å²) in [6.07, 6.45) is 4.97. The van der Waals surface area contributed by atoms with E-state index in [1.165, 1.54) is 12.7 Å². The zero-order chi connectivity index (χ0) is 29.2. The van der Waals surface area contributed by atoms with Gasteiger partial charge in [0.05, 0.1) is 19.1 Å². The van der Waals surface area contributed by atoms with Gasteiger partial charge in [-0.15, -0.1) is 0 Å². The van der Waals surface area contributed by atoms with Crippen molar-refractivity contribution >= 4 is 23.8 Å². The predicted molar refractivity (Wildman–Crippen MR) is 165 cm³/mol.